The molecular formula is C18H17N3OS2. The molecule has 0 fully saturated rings. The quantitative estimate of drug-likeness (QED) is 0.913. The first-order valence-corrected chi connectivity index (χ1v) is 9.87. The van der Waals surface area contributed by atoms with Crippen molar-refractivity contribution in [2.45, 2.75) is 24.2 Å². The van der Waals surface area contributed by atoms with E-state index in [0.29, 0.717) is 12.1 Å². The van der Waals surface area contributed by atoms with Crippen LogP contribution in [-0.2, 0) is 17.6 Å². The van der Waals surface area contributed by atoms with Crippen LogP contribution in [-0.4, -0.2) is 24.7 Å². The van der Waals surface area contributed by atoms with Gasteiger partial charge in [-0.05, 0) is 37.0 Å². The average molecular weight is 355 g/mol. The number of thiophene rings is 1. The van der Waals surface area contributed by atoms with Gasteiger partial charge in [0, 0.05) is 22.1 Å². The summed E-state index contributed by atoms with van der Waals surface area (Å²) < 4.78 is 0. The van der Waals surface area contributed by atoms with Gasteiger partial charge in [0.25, 0.3) is 0 Å². The standard InChI is InChI=1S/C18H17N3OS2/c19-10-13-12-4-3-7-15(12)24-18(13)20-17(22)11-21-8-9-23-16-6-2-1-5-14(16)21/h1-2,5-6H,3-4,7-9,11H2,(H,20,22). The van der Waals surface area contributed by atoms with Crippen LogP contribution in [0.1, 0.15) is 22.4 Å². The number of carbonyl (C=O) groups is 1. The average Bonchev–Trinajstić information content (AvgIpc) is 3.15. The summed E-state index contributed by atoms with van der Waals surface area (Å²) in [5.74, 6) is 0.939. The van der Waals surface area contributed by atoms with Gasteiger partial charge in [0.2, 0.25) is 5.91 Å². The molecule has 24 heavy (non-hydrogen) atoms. The van der Waals surface area contributed by atoms with Crippen LogP contribution in [0, 0.1) is 11.3 Å². The van der Waals surface area contributed by atoms with Crippen molar-refractivity contribution in [3.63, 3.8) is 0 Å². The molecule has 0 spiro atoms. The van der Waals surface area contributed by atoms with Crippen LogP contribution >= 0.6 is 23.1 Å². The SMILES string of the molecule is N#Cc1c(NC(=O)CN2CCSc3ccccc32)sc2c1CCC2. The van der Waals surface area contributed by atoms with Gasteiger partial charge in [-0.1, -0.05) is 12.1 Å². The summed E-state index contributed by atoms with van der Waals surface area (Å²) in [5.41, 5.74) is 2.95. The minimum Gasteiger partial charge on any atom is -0.360 e. The molecule has 0 saturated carbocycles. The molecule has 6 heteroatoms. The van der Waals surface area contributed by atoms with Crippen molar-refractivity contribution >= 4 is 39.7 Å². The number of hydrogen-bond acceptors (Lipinski definition) is 5. The summed E-state index contributed by atoms with van der Waals surface area (Å²) in [7, 11) is 0. The Bertz CT molecular complexity index is 837. The first-order valence-electron chi connectivity index (χ1n) is 8.07. The number of carbonyl (C=O) groups excluding carboxylic acids is 1. The summed E-state index contributed by atoms with van der Waals surface area (Å²) in [6.07, 6.45) is 3.11. The molecule has 1 aromatic heterocycles. The fourth-order valence-corrected chi connectivity index (χ4v) is 5.65. The zero-order valence-electron chi connectivity index (χ0n) is 13.2. The Balaban J connectivity index is 1.50. The highest BCUT2D eigenvalue weighted by molar-refractivity contribution is 7.99. The van der Waals surface area contributed by atoms with Gasteiger partial charge in [0.15, 0.2) is 0 Å². The van der Waals surface area contributed by atoms with Gasteiger partial charge in [-0.2, -0.15) is 5.26 Å². The Hall–Kier alpha value is -1.97. The predicted octanol–water partition coefficient (Wildman–Crippen LogP) is 3.66. The van der Waals surface area contributed by atoms with E-state index in [-0.39, 0.29) is 5.91 Å². The molecule has 0 atom stereocenters. The van der Waals surface area contributed by atoms with Gasteiger partial charge >= 0.3 is 0 Å². The largest absolute Gasteiger partial charge is 0.360 e. The van der Waals surface area contributed by atoms with Gasteiger partial charge in [0.05, 0.1) is 17.8 Å². The second-order valence-corrected chi connectivity index (χ2v) is 8.20. The third kappa shape index (κ3) is 2.79. The molecule has 0 bridgehead atoms. The molecule has 0 saturated heterocycles. The van der Waals surface area contributed by atoms with Crippen LogP contribution in [0.5, 0.6) is 0 Å². The number of anilines is 2. The van der Waals surface area contributed by atoms with Crippen molar-refractivity contribution < 1.29 is 4.79 Å². The predicted molar refractivity (Wildman–Crippen MR) is 99.1 cm³/mol. The first kappa shape index (κ1) is 15.6. The third-order valence-corrected chi connectivity index (χ3v) is 6.70. The second-order valence-electron chi connectivity index (χ2n) is 5.96. The fraction of sp³-hybridized carbons (Fsp3) is 0.333. The topological polar surface area (TPSA) is 56.1 Å². The van der Waals surface area contributed by atoms with Gasteiger partial charge in [0.1, 0.15) is 11.1 Å². The lowest BCUT2D eigenvalue weighted by Crippen LogP contribution is -2.36. The minimum atomic E-state index is -0.0480. The Morgan fingerprint density at radius 3 is 3.08 bits per heavy atom. The second kappa shape index (κ2) is 6.50. The van der Waals surface area contributed by atoms with E-state index >= 15 is 0 Å². The van der Waals surface area contributed by atoms with E-state index in [1.54, 1.807) is 11.3 Å². The first-order chi connectivity index (χ1) is 11.8. The summed E-state index contributed by atoms with van der Waals surface area (Å²) in [5, 5.41) is 13.1. The number of benzene rings is 1. The zero-order chi connectivity index (χ0) is 16.5. The Morgan fingerprint density at radius 2 is 2.21 bits per heavy atom. The monoisotopic (exact) mass is 355 g/mol. The normalized spacial score (nSPS) is 15.5. The molecule has 1 aliphatic heterocycles. The number of nitrogens with zero attached hydrogens (tertiary/aromatic N) is 2. The summed E-state index contributed by atoms with van der Waals surface area (Å²) >= 11 is 3.40. The lowest BCUT2D eigenvalue weighted by molar-refractivity contribution is -0.115. The molecule has 2 heterocycles. The number of hydrogen-bond donors (Lipinski definition) is 1. The van der Waals surface area contributed by atoms with Gasteiger partial charge in [-0.15, -0.1) is 23.1 Å². The maximum atomic E-state index is 12.5. The fourth-order valence-electron chi connectivity index (χ4n) is 3.34. The van der Waals surface area contributed by atoms with Crippen LogP contribution in [0.3, 0.4) is 0 Å². The van der Waals surface area contributed by atoms with Crippen molar-refractivity contribution in [1.29, 1.82) is 5.26 Å². The summed E-state index contributed by atoms with van der Waals surface area (Å²) in [6, 6.07) is 10.5. The van der Waals surface area contributed by atoms with Crippen LogP contribution in [0.25, 0.3) is 0 Å². The van der Waals surface area contributed by atoms with E-state index in [4.69, 9.17) is 0 Å². The molecule has 122 valence electrons. The van der Waals surface area contributed by atoms with Crippen molar-refractivity contribution in [1.82, 2.24) is 0 Å². The number of nitriles is 1. The third-order valence-electron chi connectivity index (χ3n) is 4.45. The number of para-hydroxylation sites is 1. The van der Waals surface area contributed by atoms with Gasteiger partial charge in [-0.25, -0.2) is 0 Å². The molecular weight excluding hydrogens is 338 g/mol. The zero-order valence-corrected chi connectivity index (χ0v) is 14.8. The van der Waals surface area contributed by atoms with Crippen LogP contribution in [0.4, 0.5) is 10.7 Å². The number of nitrogens with one attached hydrogen (secondary N) is 1. The van der Waals surface area contributed by atoms with E-state index in [1.807, 2.05) is 23.9 Å². The van der Waals surface area contributed by atoms with Gasteiger partial charge in [-0.3, -0.25) is 4.79 Å². The molecule has 1 aromatic carbocycles. The Kier molecular flexibility index (Phi) is 4.21. The van der Waals surface area contributed by atoms with Crippen LogP contribution in [0.2, 0.25) is 0 Å². The number of fused-ring (bicyclic) bond motifs is 2. The smallest absolute Gasteiger partial charge is 0.244 e. The lowest BCUT2D eigenvalue weighted by Gasteiger charge is -2.30. The lowest BCUT2D eigenvalue weighted by atomic mass is 10.1. The number of aryl methyl sites for hydroxylation is 1. The Morgan fingerprint density at radius 1 is 1.33 bits per heavy atom. The Labute approximate surface area is 149 Å². The number of amides is 1. The van der Waals surface area contributed by atoms with E-state index < -0.39 is 0 Å². The molecule has 1 N–H and O–H groups in total. The molecule has 4 rings (SSSR count). The van der Waals surface area contributed by atoms with E-state index in [0.717, 1.165) is 47.8 Å². The van der Waals surface area contributed by atoms with E-state index in [9.17, 15) is 10.1 Å². The molecule has 1 aliphatic carbocycles. The van der Waals surface area contributed by atoms with Gasteiger partial charge < -0.3 is 10.2 Å². The van der Waals surface area contributed by atoms with Crippen molar-refractivity contribution in [3.05, 3.63) is 40.3 Å². The summed E-state index contributed by atoms with van der Waals surface area (Å²) in [6.45, 7) is 1.19. The molecule has 2 aliphatic rings. The van der Waals surface area contributed by atoms with Crippen LogP contribution in [0.15, 0.2) is 29.2 Å². The molecule has 1 amide bonds. The van der Waals surface area contributed by atoms with Crippen molar-refractivity contribution in [2.75, 3.05) is 29.1 Å². The van der Waals surface area contributed by atoms with E-state index in [1.165, 1.54) is 9.77 Å². The molecule has 4 nitrogen and oxygen atoms in total. The maximum Gasteiger partial charge on any atom is 0.244 e. The summed E-state index contributed by atoms with van der Waals surface area (Å²) in [4.78, 5) is 17.1. The maximum absolute atomic E-state index is 12.5. The van der Waals surface area contributed by atoms with Crippen LogP contribution < -0.4 is 10.2 Å². The minimum absolute atomic E-state index is 0.0480. The number of rotatable bonds is 3. The number of thioether (sulfide) groups is 1. The highest BCUT2D eigenvalue weighted by Crippen LogP contribution is 2.39. The van der Waals surface area contributed by atoms with E-state index in [2.05, 4.69) is 28.4 Å². The molecule has 0 radical (unpaired) electrons. The highest BCUT2D eigenvalue weighted by Gasteiger charge is 2.24. The molecule has 0 unspecified atom stereocenters. The molecule has 2 aromatic rings. The highest BCUT2D eigenvalue weighted by atomic mass is 32.2. The van der Waals surface area contributed by atoms with Crippen molar-refractivity contribution in [2.24, 2.45) is 0 Å². The van der Waals surface area contributed by atoms with Crippen molar-refractivity contribution in [3.8, 4) is 6.07 Å².